The summed E-state index contributed by atoms with van der Waals surface area (Å²) in [7, 11) is 0. The summed E-state index contributed by atoms with van der Waals surface area (Å²) in [6, 6.07) is 9.59. The van der Waals surface area contributed by atoms with Crippen LogP contribution in [0.1, 0.15) is 23.7 Å². The molecule has 3 rings (SSSR count). The van der Waals surface area contributed by atoms with Gasteiger partial charge in [0.1, 0.15) is 16.4 Å². The monoisotopic (exact) mass is 333 g/mol. The fourth-order valence-corrected chi connectivity index (χ4v) is 3.66. The second-order valence-corrected chi connectivity index (χ2v) is 7.26. The molecule has 0 radical (unpaired) electrons. The zero-order valence-corrected chi connectivity index (χ0v) is 13.8. The first-order valence-corrected chi connectivity index (χ1v) is 8.63. The van der Waals surface area contributed by atoms with Gasteiger partial charge in [-0.15, -0.1) is 10.2 Å². The number of carbonyl (C=O) groups is 1. The second-order valence-electron chi connectivity index (χ2n) is 4.85. The van der Waals surface area contributed by atoms with E-state index in [0.29, 0.717) is 5.75 Å². The van der Waals surface area contributed by atoms with Gasteiger partial charge in [-0.3, -0.25) is 4.79 Å². The lowest BCUT2D eigenvalue weighted by Gasteiger charge is -2.10. The van der Waals surface area contributed by atoms with Gasteiger partial charge < -0.3 is 9.73 Å². The predicted octanol–water partition coefficient (Wildman–Crippen LogP) is 3.56. The minimum Gasteiger partial charge on any atom is -0.459 e. The highest BCUT2D eigenvalue weighted by Gasteiger charge is 2.15. The van der Waals surface area contributed by atoms with Crippen molar-refractivity contribution in [2.24, 2.45) is 0 Å². The molecule has 0 aliphatic rings. The number of nitrogens with zero attached hydrogens (tertiary/aromatic N) is 2. The number of furan rings is 1. The van der Waals surface area contributed by atoms with Crippen LogP contribution in [-0.2, 0) is 4.79 Å². The molecule has 0 aliphatic heterocycles. The molecule has 1 aromatic carbocycles. The zero-order chi connectivity index (χ0) is 15.5. The maximum atomic E-state index is 12.0. The largest absolute Gasteiger partial charge is 0.459 e. The minimum atomic E-state index is -0.170. The summed E-state index contributed by atoms with van der Waals surface area (Å²) in [6.07, 6.45) is 0. The first-order chi connectivity index (χ1) is 10.6. The third-order valence-corrected chi connectivity index (χ3v) is 5.06. The summed E-state index contributed by atoms with van der Waals surface area (Å²) in [4.78, 5) is 12.0. The fraction of sp³-hybridized carbons (Fsp3) is 0.267. The van der Waals surface area contributed by atoms with E-state index >= 15 is 0 Å². The topological polar surface area (TPSA) is 68.0 Å². The van der Waals surface area contributed by atoms with E-state index < -0.39 is 0 Å². The first-order valence-electron chi connectivity index (χ1n) is 6.82. The van der Waals surface area contributed by atoms with Crippen LogP contribution < -0.4 is 5.32 Å². The lowest BCUT2D eigenvalue weighted by atomic mass is 10.2. The van der Waals surface area contributed by atoms with Crippen molar-refractivity contribution in [3.63, 3.8) is 0 Å². The van der Waals surface area contributed by atoms with Crippen molar-refractivity contribution in [3.05, 3.63) is 41.1 Å². The summed E-state index contributed by atoms with van der Waals surface area (Å²) < 4.78 is 6.56. The van der Waals surface area contributed by atoms with Crippen LogP contribution in [0, 0.1) is 6.92 Å². The van der Waals surface area contributed by atoms with Gasteiger partial charge in [0.25, 0.3) is 0 Å². The lowest BCUT2D eigenvalue weighted by molar-refractivity contribution is -0.119. The molecule has 0 aliphatic carbocycles. The van der Waals surface area contributed by atoms with Gasteiger partial charge in [-0.1, -0.05) is 41.3 Å². The molecule has 1 N–H and O–H groups in total. The smallest absolute Gasteiger partial charge is 0.231 e. The summed E-state index contributed by atoms with van der Waals surface area (Å²) in [5, 5.41) is 12.8. The number of hydrogen-bond donors (Lipinski definition) is 1. The zero-order valence-electron chi connectivity index (χ0n) is 12.2. The Bertz CT molecular complexity index is 764. The molecule has 114 valence electrons. The van der Waals surface area contributed by atoms with Gasteiger partial charge in [-0.2, -0.15) is 0 Å². The van der Waals surface area contributed by atoms with Crippen LogP contribution in [0.25, 0.3) is 11.0 Å². The number of hydrogen-bond acceptors (Lipinski definition) is 6. The number of aryl methyl sites for hydroxylation is 1. The number of benzene rings is 1. The van der Waals surface area contributed by atoms with Crippen molar-refractivity contribution >= 4 is 40.0 Å². The minimum absolute atomic E-state index is 0.0502. The third kappa shape index (κ3) is 3.48. The Balaban J connectivity index is 1.58. The van der Waals surface area contributed by atoms with Crippen LogP contribution in [0.5, 0.6) is 0 Å². The predicted molar refractivity (Wildman–Crippen MR) is 88.1 cm³/mol. The van der Waals surface area contributed by atoms with Gasteiger partial charge in [-0.25, -0.2) is 0 Å². The number of carbonyl (C=O) groups excluding carboxylic acids is 1. The highest BCUT2D eigenvalue weighted by Crippen LogP contribution is 2.24. The van der Waals surface area contributed by atoms with Crippen LogP contribution >= 0.6 is 23.1 Å². The lowest BCUT2D eigenvalue weighted by Crippen LogP contribution is -2.27. The van der Waals surface area contributed by atoms with Crippen LogP contribution in [0.3, 0.4) is 0 Å². The molecule has 1 atom stereocenters. The van der Waals surface area contributed by atoms with Crippen LogP contribution in [0.15, 0.2) is 39.1 Å². The van der Waals surface area contributed by atoms with E-state index in [-0.39, 0.29) is 11.9 Å². The van der Waals surface area contributed by atoms with Crippen molar-refractivity contribution in [2.75, 3.05) is 5.75 Å². The van der Waals surface area contributed by atoms with Gasteiger partial charge in [0.15, 0.2) is 4.34 Å². The van der Waals surface area contributed by atoms with Gasteiger partial charge in [0.2, 0.25) is 5.91 Å². The van der Waals surface area contributed by atoms with E-state index in [0.717, 1.165) is 26.1 Å². The average Bonchev–Trinajstić information content (AvgIpc) is 3.11. The molecular formula is C15H15N3O2S2. The molecule has 0 bridgehead atoms. The van der Waals surface area contributed by atoms with Crippen LogP contribution in [0.2, 0.25) is 0 Å². The van der Waals surface area contributed by atoms with Crippen LogP contribution in [0.4, 0.5) is 0 Å². The van der Waals surface area contributed by atoms with Crippen molar-refractivity contribution < 1.29 is 9.21 Å². The molecular weight excluding hydrogens is 318 g/mol. The Morgan fingerprint density at radius 3 is 2.95 bits per heavy atom. The fourth-order valence-electron chi connectivity index (χ4n) is 2.03. The maximum absolute atomic E-state index is 12.0. The van der Waals surface area contributed by atoms with Gasteiger partial charge >= 0.3 is 0 Å². The molecule has 22 heavy (non-hydrogen) atoms. The Hall–Kier alpha value is -1.86. The SMILES string of the molecule is Cc1nnc(SCC(=O)N[C@H](C)c2cc3ccccc3o2)s1. The molecule has 3 aromatic rings. The molecule has 0 saturated heterocycles. The number of rotatable bonds is 5. The highest BCUT2D eigenvalue weighted by molar-refractivity contribution is 8.01. The van der Waals surface area contributed by atoms with Crippen LogP contribution in [-0.4, -0.2) is 21.9 Å². The number of thioether (sulfide) groups is 1. The van der Waals surface area contributed by atoms with E-state index in [4.69, 9.17) is 4.42 Å². The molecule has 0 saturated carbocycles. The Labute approximate surface area is 136 Å². The normalized spacial score (nSPS) is 12.5. The maximum Gasteiger partial charge on any atom is 0.231 e. The van der Waals surface area contributed by atoms with Gasteiger partial charge in [-0.05, 0) is 26.0 Å². The van der Waals surface area contributed by atoms with Crippen molar-refractivity contribution in [1.29, 1.82) is 0 Å². The molecule has 2 heterocycles. The quantitative estimate of drug-likeness (QED) is 0.723. The van der Waals surface area contributed by atoms with Crippen molar-refractivity contribution in [1.82, 2.24) is 15.5 Å². The molecule has 0 fully saturated rings. The number of para-hydroxylation sites is 1. The summed E-state index contributed by atoms with van der Waals surface area (Å²) in [6.45, 7) is 3.81. The Kier molecular flexibility index (Phi) is 4.44. The Morgan fingerprint density at radius 1 is 1.41 bits per heavy atom. The molecule has 5 nitrogen and oxygen atoms in total. The van der Waals surface area contributed by atoms with Gasteiger partial charge in [0.05, 0.1) is 11.8 Å². The molecule has 0 spiro atoms. The average molecular weight is 333 g/mol. The number of fused-ring (bicyclic) bond motifs is 1. The number of nitrogens with one attached hydrogen (secondary N) is 1. The standard InChI is InChI=1S/C15H15N3O2S2/c1-9(13-7-11-5-3-4-6-12(11)20-13)16-14(19)8-21-15-18-17-10(2)22-15/h3-7,9H,8H2,1-2H3,(H,16,19)/t9-/m1/s1. The van der Waals surface area contributed by atoms with E-state index in [1.54, 1.807) is 0 Å². The summed E-state index contributed by atoms with van der Waals surface area (Å²) in [5.41, 5.74) is 0.831. The molecule has 0 unspecified atom stereocenters. The summed E-state index contributed by atoms with van der Waals surface area (Å²) in [5.74, 6) is 1.02. The van der Waals surface area contributed by atoms with Crippen molar-refractivity contribution in [2.45, 2.75) is 24.2 Å². The highest BCUT2D eigenvalue weighted by atomic mass is 32.2. The molecule has 2 aromatic heterocycles. The first kappa shape index (κ1) is 15.1. The summed E-state index contributed by atoms with van der Waals surface area (Å²) >= 11 is 2.88. The van der Waals surface area contributed by atoms with Crippen molar-refractivity contribution in [3.8, 4) is 0 Å². The number of aromatic nitrogens is 2. The second kappa shape index (κ2) is 6.50. The van der Waals surface area contributed by atoms with E-state index in [2.05, 4.69) is 15.5 Å². The van der Waals surface area contributed by atoms with Gasteiger partial charge in [0, 0.05) is 5.39 Å². The Morgan fingerprint density at radius 2 is 2.23 bits per heavy atom. The van der Waals surface area contributed by atoms with E-state index in [9.17, 15) is 4.79 Å². The number of amides is 1. The molecule has 7 heteroatoms. The van der Waals surface area contributed by atoms with E-state index in [1.165, 1.54) is 23.1 Å². The molecule has 1 amide bonds. The van der Waals surface area contributed by atoms with E-state index in [1.807, 2.05) is 44.2 Å². The third-order valence-electron chi connectivity index (χ3n) is 3.08.